The molecule has 0 heterocycles. The molecular weight excluding hydrogens is 335 g/mol. The molecule has 0 nitrogen and oxygen atoms in total. The van der Waals surface area contributed by atoms with E-state index in [1.165, 1.54) is 12.1 Å². The Morgan fingerprint density at radius 3 is 1.68 bits per heavy atom. The molecule has 0 unspecified atom stereocenters. The van der Waals surface area contributed by atoms with E-state index in [-0.39, 0.29) is 5.56 Å². The lowest BCUT2D eigenvalue weighted by Crippen LogP contribution is -2.04. The van der Waals surface area contributed by atoms with Crippen molar-refractivity contribution in [3.63, 3.8) is 0 Å². The molecule has 0 aliphatic rings. The maximum atomic E-state index is 14.1. The molecule has 4 aromatic carbocycles. The third-order valence-corrected chi connectivity index (χ3v) is 4.25. The largest absolute Gasteiger partial charge is 0.203 e. The molecular formula is C20H9F5. The fourth-order valence-corrected chi connectivity index (χ4v) is 3.02. The van der Waals surface area contributed by atoms with Gasteiger partial charge in [-0.15, -0.1) is 0 Å². The van der Waals surface area contributed by atoms with E-state index in [1.807, 2.05) is 36.4 Å². The van der Waals surface area contributed by atoms with E-state index in [9.17, 15) is 22.0 Å². The minimum Gasteiger partial charge on any atom is -0.203 e. The van der Waals surface area contributed by atoms with Gasteiger partial charge in [-0.1, -0.05) is 48.5 Å². The molecule has 0 aliphatic heterocycles. The Kier molecular flexibility index (Phi) is 3.46. The van der Waals surface area contributed by atoms with Crippen molar-refractivity contribution in [2.45, 2.75) is 0 Å². The third-order valence-electron chi connectivity index (χ3n) is 4.25. The first-order valence-corrected chi connectivity index (χ1v) is 7.42. The minimum atomic E-state index is -2.16. The molecule has 0 aliphatic carbocycles. The summed E-state index contributed by atoms with van der Waals surface area (Å²) in [5.41, 5.74) is -0.997. The Hall–Kier alpha value is -2.95. The summed E-state index contributed by atoms with van der Waals surface area (Å²) in [6, 6.07) is 15.5. The zero-order valence-corrected chi connectivity index (χ0v) is 12.6. The van der Waals surface area contributed by atoms with Gasteiger partial charge in [0, 0.05) is 0 Å². The van der Waals surface area contributed by atoms with E-state index in [1.54, 1.807) is 6.07 Å². The van der Waals surface area contributed by atoms with Crippen LogP contribution < -0.4 is 0 Å². The summed E-state index contributed by atoms with van der Waals surface area (Å²) in [5.74, 6) is -9.74. The second-order valence-electron chi connectivity index (χ2n) is 5.67. The van der Waals surface area contributed by atoms with Crippen molar-refractivity contribution in [2.75, 3.05) is 0 Å². The van der Waals surface area contributed by atoms with Crippen molar-refractivity contribution in [1.29, 1.82) is 0 Å². The number of hydrogen-bond donors (Lipinski definition) is 0. The van der Waals surface area contributed by atoms with Gasteiger partial charge < -0.3 is 0 Å². The van der Waals surface area contributed by atoms with Crippen LogP contribution in [0.25, 0.3) is 32.7 Å². The van der Waals surface area contributed by atoms with Crippen LogP contribution >= 0.6 is 0 Å². The Balaban J connectivity index is 2.08. The summed E-state index contributed by atoms with van der Waals surface area (Å²) in [6.07, 6.45) is 0. The fraction of sp³-hybridized carbons (Fsp3) is 0. The number of benzene rings is 4. The van der Waals surface area contributed by atoms with Crippen LogP contribution in [0.4, 0.5) is 22.0 Å². The van der Waals surface area contributed by atoms with Gasteiger partial charge >= 0.3 is 0 Å². The Morgan fingerprint density at radius 1 is 0.480 bits per heavy atom. The average Bonchev–Trinajstić information content (AvgIpc) is 2.65. The zero-order valence-electron chi connectivity index (χ0n) is 12.6. The Labute approximate surface area is 139 Å². The first-order valence-electron chi connectivity index (χ1n) is 7.42. The minimum absolute atomic E-state index is 0.0725. The van der Waals surface area contributed by atoms with Gasteiger partial charge in [0.25, 0.3) is 0 Å². The lowest BCUT2D eigenvalue weighted by Gasteiger charge is -2.10. The van der Waals surface area contributed by atoms with E-state index in [4.69, 9.17) is 0 Å². The van der Waals surface area contributed by atoms with Gasteiger partial charge in [0.05, 0.1) is 5.56 Å². The molecule has 124 valence electrons. The number of rotatable bonds is 1. The molecule has 0 bridgehead atoms. The highest BCUT2D eigenvalue weighted by molar-refractivity contribution is 6.08. The van der Waals surface area contributed by atoms with Crippen LogP contribution in [0, 0.1) is 29.1 Å². The molecule has 0 saturated heterocycles. The highest BCUT2D eigenvalue weighted by Crippen LogP contribution is 2.35. The normalized spacial score (nSPS) is 11.4. The summed E-state index contributed by atoms with van der Waals surface area (Å²) in [6.45, 7) is 0. The van der Waals surface area contributed by atoms with Gasteiger partial charge in [-0.05, 0) is 33.2 Å². The predicted molar refractivity (Wildman–Crippen MR) is 86.7 cm³/mol. The van der Waals surface area contributed by atoms with Gasteiger partial charge in [0.2, 0.25) is 5.82 Å². The van der Waals surface area contributed by atoms with Crippen LogP contribution in [-0.4, -0.2) is 0 Å². The van der Waals surface area contributed by atoms with Crippen molar-refractivity contribution in [3.8, 4) is 11.1 Å². The van der Waals surface area contributed by atoms with Gasteiger partial charge in [0.15, 0.2) is 23.3 Å². The first kappa shape index (κ1) is 15.6. The topological polar surface area (TPSA) is 0 Å². The molecule has 0 radical (unpaired) electrons. The first-order chi connectivity index (χ1) is 12.0. The Morgan fingerprint density at radius 2 is 1.00 bits per heavy atom. The van der Waals surface area contributed by atoms with Gasteiger partial charge in [-0.3, -0.25) is 0 Å². The molecule has 0 aromatic heterocycles. The van der Waals surface area contributed by atoms with Gasteiger partial charge in [-0.2, -0.15) is 0 Å². The van der Waals surface area contributed by atoms with Crippen LogP contribution in [0.1, 0.15) is 0 Å². The summed E-state index contributed by atoms with van der Waals surface area (Å²) in [7, 11) is 0. The van der Waals surface area contributed by atoms with Gasteiger partial charge in [-0.25, -0.2) is 22.0 Å². The van der Waals surface area contributed by atoms with E-state index < -0.39 is 34.6 Å². The third kappa shape index (κ3) is 2.27. The maximum Gasteiger partial charge on any atom is 0.200 e. The monoisotopic (exact) mass is 344 g/mol. The molecule has 25 heavy (non-hydrogen) atoms. The van der Waals surface area contributed by atoms with Gasteiger partial charge in [0.1, 0.15) is 0 Å². The Bertz CT molecular complexity index is 1120. The van der Waals surface area contributed by atoms with Crippen molar-refractivity contribution in [1.82, 2.24) is 0 Å². The summed E-state index contributed by atoms with van der Waals surface area (Å²) in [5, 5.41) is 3.20. The van der Waals surface area contributed by atoms with Crippen molar-refractivity contribution < 1.29 is 22.0 Å². The number of halogens is 5. The lowest BCUT2D eigenvalue weighted by molar-refractivity contribution is 0.381. The molecule has 0 spiro atoms. The van der Waals surface area contributed by atoms with Crippen LogP contribution in [-0.2, 0) is 0 Å². The molecule has 0 N–H and O–H groups in total. The molecule has 4 aromatic rings. The van der Waals surface area contributed by atoms with Crippen LogP contribution in [0.5, 0.6) is 0 Å². The maximum absolute atomic E-state index is 14.1. The van der Waals surface area contributed by atoms with E-state index in [0.717, 1.165) is 16.2 Å². The van der Waals surface area contributed by atoms with E-state index in [0.29, 0.717) is 5.39 Å². The zero-order chi connectivity index (χ0) is 17.7. The summed E-state index contributed by atoms with van der Waals surface area (Å²) >= 11 is 0. The predicted octanol–water partition coefficient (Wildman–Crippen LogP) is 6.36. The second-order valence-corrected chi connectivity index (χ2v) is 5.67. The SMILES string of the molecule is Fc1c(F)c(F)c(-c2ccc3ccc4ccccc4c3c2)c(F)c1F. The highest BCUT2D eigenvalue weighted by Gasteiger charge is 2.26. The molecule has 5 heteroatoms. The van der Waals surface area contributed by atoms with Crippen LogP contribution in [0.15, 0.2) is 54.6 Å². The summed E-state index contributed by atoms with van der Waals surface area (Å²) < 4.78 is 68.4. The molecule has 0 saturated carbocycles. The van der Waals surface area contributed by atoms with Crippen molar-refractivity contribution in [3.05, 3.63) is 83.7 Å². The molecule has 0 fully saturated rings. The van der Waals surface area contributed by atoms with E-state index in [2.05, 4.69) is 0 Å². The highest BCUT2D eigenvalue weighted by atomic mass is 19.2. The molecule has 0 amide bonds. The quantitative estimate of drug-likeness (QED) is 0.163. The number of fused-ring (bicyclic) bond motifs is 3. The van der Waals surface area contributed by atoms with Crippen LogP contribution in [0.2, 0.25) is 0 Å². The standard InChI is InChI=1S/C20H9F5/c21-16-15(17(22)19(24)20(25)18(16)23)12-8-7-11-6-5-10-3-1-2-4-13(10)14(11)9-12/h1-9H. The van der Waals surface area contributed by atoms with Crippen molar-refractivity contribution in [2.24, 2.45) is 0 Å². The van der Waals surface area contributed by atoms with E-state index >= 15 is 0 Å². The second kappa shape index (κ2) is 5.55. The summed E-state index contributed by atoms with van der Waals surface area (Å²) in [4.78, 5) is 0. The average molecular weight is 344 g/mol. The lowest BCUT2D eigenvalue weighted by atomic mass is 9.96. The number of hydrogen-bond acceptors (Lipinski definition) is 0. The van der Waals surface area contributed by atoms with Crippen molar-refractivity contribution >= 4 is 21.5 Å². The molecule has 0 atom stereocenters. The molecule has 4 rings (SSSR count). The smallest absolute Gasteiger partial charge is 0.200 e. The van der Waals surface area contributed by atoms with Crippen LogP contribution in [0.3, 0.4) is 0 Å². The fourth-order valence-electron chi connectivity index (χ4n) is 3.02.